The van der Waals surface area contributed by atoms with Gasteiger partial charge in [-0.2, -0.15) is 0 Å². The van der Waals surface area contributed by atoms with Crippen LogP contribution in [0.15, 0.2) is 48.5 Å². The Kier molecular flexibility index (Phi) is 6.85. The Morgan fingerprint density at radius 2 is 1.52 bits per heavy atom. The normalized spacial score (nSPS) is 10.4. The van der Waals surface area contributed by atoms with Gasteiger partial charge >= 0.3 is 0 Å². The Bertz CT molecular complexity index is 730. The van der Waals surface area contributed by atoms with E-state index in [0.717, 1.165) is 5.69 Å². The van der Waals surface area contributed by atoms with Crippen LogP contribution in [0.25, 0.3) is 0 Å². The van der Waals surface area contributed by atoms with Crippen LogP contribution in [0.1, 0.15) is 20.3 Å². The molecule has 2 aromatic rings. The molecule has 2 amide bonds. The van der Waals surface area contributed by atoms with E-state index in [-0.39, 0.29) is 24.8 Å². The highest BCUT2D eigenvalue weighted by Crippen LogP contribution is 2.26. The predicted octanol–water partition coefficient (Wildman–Crippen LogP) is 4.79. The SMILES string of the molecule is CCN(C(=O)CCN(C(C)=O)c1cc(Cl)cc(Cl)c1)c1ccccc1. The quantitative estimate of drug-likeness (QED) is 0.724. The number of anilines is 2. The van der Waals surface area contributed by atoms with Crippen molar-refractivity contribution >= 4 is 46.4 Å². The minimum absolute atomic E-state index is 0.0481. The molecule has 0 saturated carbocycles. The van der Waals surface area contributed by atoms with E-state index < -0.39 is 0 Å². The van der Waals surface area contributed by atoms with Crippen molar-refractivity contribution in [2.75, 3.05) is 22.9 Å². The smallest absolute Gasteiger partial charge is 0.228 e. The molecular weight excluding hydrogens is 359 g/mol. The molecule has 0 N–H and O–H groups in total. The third-order valence-electron chi connectivity index (χ3n) is 3.77. The highest BCUT2D eigenvalue weighted by atomic mass is 35.5. The molecule has 0 spiro atoms. The molecule has 4 nitrogen and oxygen atoms in total. The van der Waals surface area contributed by atoms with Gasteiger partial charge in [-0.05, 0) is 37.3 Å². The summed E-state index contributed by atoms with van der Waals surface area (Å²) in [6.45, 7) is 4.19. The number of nitrogens with zero attached hydrogens (tertiary/aromatic N) is 2. The van der Waals surface area contributed by atoms with E-state index >= 15 is 0 Å². The Labute approximate surface area is 157 Å². The van der Waals surface area contributed by atoms with Gasteiger partial charge in [0.25, 0.3) is 0 Å². The van der Waals surface area contributed by atoms with E-state index in [0.29, 0.717) is 22.3 Å². The van der Waals surface area contributed by atoms with Gasteiger partial charge < -0.3 is 9.80 Å². The summed E-state index contributed by atoms with van der Waals surface area (Å²) in [7, 11) is 0. The number of carbonyl (C=O) groups is 2. The van der Waals surface area contributed by atoms with Gasteiger partial charge in [0.05, 0.1) is 0 Å². The maximum Gasteiger partial charge on any atom is 0.228 e. The van der Waals surface area contributed by atoms with Gasteiger partial charge in [-0.15, -0.1) is 0 Å². The highest BCUT2D eigenvalue weighted by Gasteiger charge is 2.18. The zero-order valence-corrected chi connectivity index (χ0v) is 15.7. The lowest BCUT2D eigenvalue weighted by Crippen LogP contribution is -2.36. The van der Waals surface area contributed by atoms with Crippen LogP contribution in [-0.4, -0.2) is 24.9 Å². The summed E-state index contributed by atoms with van der Waals surface area (Å²) in [6, 6.07) is 14.4. The number of hydrogen-bond donors (Lipinski definition) is 0. The summed E-state index contributed by atoms with van der Waals surface area (Å²) >= 11 is 12.0. The molecule has 0 unspecified atom stereocenters. The van der Waals surface area contributed by atoms with Crippen molar-refractivity contribution in [2.24, 2.45) is 0 Å². The lowest BCUT2D eigenvalue weighted by atomic mass is 10.2. The number of halogens is 2. The van der Waals surface area contributed by atoms with E-state index in [2.05, 4.69) is 0 Å². The van der Waals surface area contributed by atoms with Crippen LogP contribution in [0.2, 0.25) is 10.0 Å². The summed E-state index contributed by atoms with van der Waals surface area (Å²) < 4.78 is 0. The van der Waals surface area contributed by atoms with E-state index in [1.54, 1.807) is 23.1 Å². The molecule has 0 bridgehead atoms. The third kappa shape index (κ3) is 5.21. The maximum atomic E-state index is 12.6. The van der Waals surface area contributed by atoms with Gasteiger partial charge in [-0.3, -0.25) is 9.59 Å². The predicted molar refractivity (Wildman–Crippen MR) is 104 cm³/mol. The van der Waals surface area contributed by atoms with Crippen LogP contribution in [0.4, 0.5) is 11.4 Å². The molecule has 0 fully saturated rings. The monoisotopic (exact) mass is 378 g/mol. The van der Waals surface area contributed by atoms with Crippen molar-refractivity contribution in [1.29, 1.82) is 0 Å². The maximum absolute atomic E-state index is 12.6. The van der Waals surface area contributed by atoms with E-state index in [1.165, 1.54) is 11.8 Å². The molecule has 0 aromatic heterocycles. The number of carbonyl (C=O) groups excluding carboxylic acids is 2. The first-order valence-electron chi connectivity index (χ1n) is 8.02. The first-order chi connectivity index (χ1) is 11.9. The first kappa shape index (κ1) is 19.3. The molecule has 0 aliphatic rings. The van der Waals surface area contributed by atoms with Crippen LogP contribution >= 0.6 is 23.2 Å². The molecule has 132 valence electrons. The average Bonchev–Trinajstić information content (AvgIpc) is 2.55. The van der Waals surface area contributed by atoms with Gasteiger partial charge in [0, 0.05) is 47.9 Å². The lowest BCUT2D eigenvalue weighted by Gasteiger charge is -2.25. The van der Waals surface area contributed by atoms with Gasteiger partial charge in [0.15, 0.2) is 0 Å². The summed E-state index contributed by atoms with van der Waals surface area (Å²) in [4.78, 5) is 27.8. The van der Waals surface area contributed by atoms with Gasteiger partial charge in [0.1, 0.15) is 0 Å². The van der Waals surface area contributed by atoms with Crippen molar-refractivity contribution in [3.63, 3.8) is 0 Å². The lowest BCUT2D eigenvalue weighted by molar-refractivity contribution is -0.118. The largest absolute Gasteiger partial charge is 0.313 e. The Morgan fingerprint density at radius 3 is 2.04 bits per heavy atom. The fourth-order valence-corrected chi connectivity index (χ4v) is 3.13. The molecule has 0 aliphatic carbocycles. The topological polar surface area (TPSA) is 40.6 Å². The van der Waals surface area contributed by atoms with Gasteiger partial charge in [0.2, 0.25) is 11.8 Å². The van der Waals surface area contributed by atoms with E-state index in [9.17, 15) is 9.59 Å². The second-order valence-electron chi connectivity index (χ2n) is 5.52. The van der Waals surface area contributed by atoms with Crippen LogP contribution in [0.5, 0.6) is 0 Å². The molecule has 6 heteroatoms. The zero-order valence-electron chi connectivity index (χ0n) is 14.2. The van der Waals surface area contributed by atoms with Crippen molar-refractivity contribution in [2.45, 2.75) is 20.3 Å². The van der Waals surface area contributed by atoms with Crippen LogP contribution in [0.3, 0.4) is 0 Å². The highest BCUT2D eigenvalue weighted by molar-refractivity contribution is 6.35. The number of benzene rings is 2. The fraction of sp³-hybridized carbons (Fsp3) is 0.263. The van der Waals surface area contributed by atoms with E-state index in [1.807, 2.05) is 37.3 Å². The van der Waals surface area contributed by atoms with Crippen molar-refractivity contribution in [3.05, 3.63) is 58.6 Å². The second-order valence-corrected chi connectivity index (χ2v) is 6.39. The molecule has 0 atom stereocenters. The van der Waals surface area contributed by atoms with Crippen LogP contribution in [0, 0.1) is 0 Å². The minimum atomic E-state index is -0.172. The molecule has 2 rings (SSSR count). The molecular formula is C19H20Cl2N2O2. The molecule has 2 aromatic carbocycles. The summed E-state index contributed by atoms with van der Waals surface area (Å²) in [6.07, 6.45) is 0.201. The van der Waals surface area contributed by atoms with Crippen molar-refractivity contribution in [1.82, 2.24) is 0 Å². The molecule has 0 saturated heterocycles. The molecule has 0 aliphatic heterocycles. The number of hydrogen-bond acceptors (Lipinski definition) is 2. The first-order valence-corrected chi connectivity index (χ1v) is 8.77. The molecule has 0 radical (unpaired) electrons. The fourth-order valence-electron chi connectivity index (χ4n) is 2.62. The van der Waals surface area contributed by atoms with Crippen LogP contribution in [-0.2, 0) is 9.59 Å². The average molecular weight is 379 g/mol. The Hall–Kier alpha value is -2.04. The Morgan fingerprint density at radius 1 is 0.920 bits per heavy atom. The number of rotatable bonds is 6. The molecule has 25 heavy (non-hydrogen) atoms. The summed E-state index contributed by atoms with van der Waals surface area (Å²) in [5, 5.41) is 0.888. The minimum Gasteiger partial charge on any atom is -0.313 e. The number of amides is 2. The van der Waals surface area contributed by atoms with Crippen molar-refractivity contribution in [3.8, 4) is 0 Å². The Balaban J connectivity index is 2.12. The number of para-hydroxylation sites is 1. The van der Waals surface area contributed by atoms with E-state index in [4.69, 9.17) is 23.2 Å². The standard InChI is InChI=1S/C19H20Cl2N2O2/c1-3-22(17-7-5-4-6-8-17)19(25)9-10-23(14(2)24)18-12-15(20)11-16(21)13-18/h4-8,11-13H,3,9-10H2,1-2H3. The van der Waals surface area contributed by atoms with Gasteiger partial charge in [-0.25, -0.2) is 0 Å². The summed E-state index contributed by atoms with van der Waals surface area (Å²) in [5.41, 5.74) is 1.43. The molecule has 0 heterocycles. The zero-order chi connectivity index (χ0) is 18.4. The van der Waals surface area contributed by atoms with Gasteiger partial charge in [-0.1, -0.05) is 41.4 Å². The second kappa shape index (κ2) is 8.88. The van der Waals surface area contributed by atoms with Crippen LogP contribution < -0.4 is 9.80 Å². The summed E-state index contributed by atoms with van der Waals surface area (Å²) in [5.74, 6) is -0.220. The van der Waals surface area contributed by atoms with Crippen molar-refractivity contribution < 1.29 is 9.59 Å². The third-order valence-corrected chi connectivity index (χ3v) is 4.21.